The number of pyridine rings is 1. The number of alkyl halides is 2. The molecule has 2 aromatic rings. The standard InChI is InChI=1S/C43H53F2N5O9S/c1-40(18-19-40)60(56,57)48-38(53)42-21-26(42)10-6-4-3-5-7-13-31(50(39(54)55)27-11-8-9-12-27)37(52)49-24-41(22-32(49)36(51)47-42)23-43(44,45)33-29-20-28(58-2)16-17-30(29)46-34(25-14-15-25)35(33)59-41/h6,10,16-17,20,25-27,31-32H,3-5,7-9,11-15,18-19,21-24H2,1-2H3,(H,47,51)(H,48,53)(H,54,55)/b10-6-/t26-,31+,32+,41+,42-/m1/s1. The third kappa shape index (κ3) is 7.05. The summed E-state index contributed by atoms with van der Waals surface area (Å²) >= 11 is 0. The maximum Gasteiger partial charge on any atom is 0.408 e. The Labute approximate surface area is 347 Å². The van der Waals surface area contributed by atoms with E-state index in [9.17, 15) is 27.9 Å². The number of hydrogen-bond acceptors (Lipinski definition) is 9. The summed E-state index contributed by atoms with van der Waals surface area (Å²) in [5.41, 5.74) is -3.08. The number of carbonyl (C=O) groups is 4. The van der Waals surface area contributed by atoms with Gasteiger partial charge in [-0.05, 0) is 89.3 Å². The maximum absolute atomic E-state index is 17.2. The first-order chi connectivity index (χ1) is 28.5. The van der Waals surface area contributed by atoms with Crippen LogP contribution in [0.1, 0.15) is 127 Å². The first-order valence-corrected chi connectivity index (χ1v) is 22.9. The number of carboxylic acid groups (broad SMARTS) is 1. The van der Waals surface area contributed by atoms with E-state index in [1.807, 2.05) is 6.08 Å². The number of fused-ring (bicyclic) bond motifs is 5. The van der Waals surface area contributed by atoms with Gasteiger partial charge in [-0.2, -0.15) is 0 Å². The van der Waals surface area contributed by atoms with Crippen molar-refractivity contribution in [2.45, 2.75) is 156 Å². The zero-order chi connectivity index (χ0) is 42.4. The lowest BCUT2D eigenvalue weighted by atomic mass is 9.84. The number of amides is 4. The van der Waals surface area contributed by atoms with Gasteiger partial charge < -0.3 is 24.8 Å². The molecule has 4 aliphatic carbocycles. The molecular weight excluding hydrogens is 801 g/mol. The average molecular weight is 854 g/mol. The van der Waals surface area contributed by atoms with Crippen molar-refractivity contribution in [1.82, 2.24) is 24.8 Å². The number of ether oxygens (including phenoxy) is 2. The molecule has 3 N–H and O–H groups in total. The van der Waals surface area contributed by atoms with Crippen molar-refractivity contribution in [3.8, 4) is 11.5 Å². The van der Waals surface area contributed by atoms with Crippen molar-refractivity contribution < 1.29 is 51.0 Å². The van der Waals surface area contributed by atoms with Gasteiger partial charge in [0.1, 0.15) is 29.0 Å². The number of allylic oxidation sites excluding steroid dienone is 1. The Kier molecular flexibility index (Phi) is 9.90. The lowest BCUT2D eigenvalue weighted by Gasteiger charge is -2.41. The summed E-state index contributed by atoms with van der Waals surface area (Å²) in [4.78, 5) is 64.4. The second-order valence-corrected chi connectivity index (χ2v) is 20.8. The highest BCUT2D eigenvalue weighted by Gasteiger charge is 2.65. The molecule has 1 aromatic heterocycles. The molecule has 5 atom stereocenters. The van der Waals surface area contributed by atoms with Crippen LogP contribution in [0.15, 0.2) is 30.4 Å². The van der Waals surface area contributed by atoms with E-state index in [4.69, 9.17) is 14.5 Å². The normalized spacial score (nSPS) is 31.7. The first-order valence-electron chi connectivity index (χ1n) is 21.5. The van der Waals surface area contributed by atoms with Crippen LogP contribution in [0, 0.1) is 5.92 Å². The van der Waals surface area contributed by atoms with Gasteiger partial charge in [-0.15, -0.1) is 0 Å². The van der Waals surface area contributed by atoms with Gasteiger partial charge in [0.2, 0.25) is 21.8 Å². The molecule has 1 saturated heterocycles. The number of sulfonamides is 1. The van der Waals surface area contributed by atoms with Gasteiger partial charge in [0.25, 0.3) is 11.8 Å². The summed E-state index contributed by atoms with van der Waals surface area (Å²) in [5, 5.41) is 13.6. The molecule has 0 radical (unpaired) electrons. The van der Waals surface area contributed by atoms with Crippen LogP contribution in [-0.2, 0) is 30.3 Å². The molecule has 3 aliphatic heterocycles. The summed E-state index contributed by atoms with van der Waals surface area (Å²) < 4.78 is 74.2. The van der Waals surface area contributed by atoms with Crippen LogP contribution in [0.5, 0.6) is 11.5 Å². The van der Waals surface area contributed by atoms with Crippen LogP contribution < -0.4 is 19.5 Å². The number of benzene rings is 1. The summed E-state index contributed by atoms with van der Waals surface area (Å²) in [5.74, 6) is -6.37. The average Bonchev–Trinajstić information content (AvgIpc) is 4.16. The number of aromatic nitrogens is 1. The summed E-state index contributed by atoms with van der Waals surface area (Å²) in [6.07, 6.45) is 8.79. The second kappa shape index (κ2) is 14.5. The Morgan fingerprint density at radius 3 is 2.47 bits per heavy atom. The summed E-state index contributed by atoms with van der Waals surface area (Å²) in [6, 6.07) is 1.70. The fourth-order valence-corrected chi connectivity index (χ4v) is 11.5. The zero-order valence-electron chi connectivity index (χ0n) is 34.0. The van der Waals surface area contributed by atoms with Gasteiger partial charge in [0.05, 0.1) is 41.6 Å². The van der Waals surface area contributed by atoms with Crippen molar-refractivity contribution in [1.29, 1.82) is 0 Å². The van der Waals surface area contributed by atoms with Gasteiger partial charge in [0, 0.05) is 29.7 Å². The lowest BCUT2D eigenvalue weighted by molar-refractivity contribution is -0.144. The molecule has 1 spiro atoms. The highest BCUT2D eigenvalue weighted by molar-refractivity contribution is 7.91. The molecule has 1 aromatic carbocycles. The molecule has 0 unspecified atom stereocenters. The van der Waals surface area contributed by atoms with E-state index in [2.05, 4.69) is 10.0 Å². The molecular formula is C43H53F2N5O9S. The van der Waals surface area contributed by atoms with Gasteiger partial charge in [-0.25, -0.2) is 27.0 Å². The maximum atomic E-state index is 17.2. The highest BCUT2D eigenvalue weighted by Crippen LogP contribution is 2.58. The van der Waals surface area contributed by atoms with Crippen molar-refractivity contribution >= 4 is 44.7 Å². The van der Waals surface area contributed by atoms with Crippen LogP contribution in [-0.4, -0.2) is 99.8 Å². The molecule has 324 valence electrons. The number of hydrogen-bond donors (Lipinski definition) is 3. The third-order valence-electron chi connectivity index (χ3n) is 14.2. The number of nitrogens with zero attached hydrogens (tertiary/aromatic N) is 3. The third-order valence-corrected chi connectivity index (χ3v) is 16.4. The Balaban J connectivity index is 1.13. The fraction of sp³-hybridized carbons (Fsp3) is 0.651. The van der Waals surface area contributed by atoms with E-state index in [1.165, 1.54) is 23.0 Å². The Hall–Kier alpha value is -4.54. The van der Waals surface area contributed by atoms with Crippen LogP contribution in [0.25, 0.3) is 10.9 Å². The molecule has 4 saturated carbocycles. The molecule has 17 heteroatoms. The van der Waals surface area contributed by atoms with Crippen molar-refractivity contribution in [2.75, 3.05) is 13.7 Å². The Bertz CT molecular complexity index is 2280. The lowest BCUT2D eigenvalue weighted by Crippen LogP contribution is -2.59. The van der Waals surface area contributed by atoms with E-state index in [1.54, 1.807) is 25.1 Å². The fourth-order valence-electron chi connectivity index (χ4n) is 10.2. The van der Waals surface area contributed by atoms with Crippen LogP contribution in [0.4, 0.5) is 13.6 Å². The predicted molar refractivity (Wildman–Crippen MR) is 214 cm³/mol. The monoisotopic (exact) mass is 853 g/mol. The van der Waals surface area contributed by atoms with E-state index in [0.717, 1.165) is 25.7 Å². The Morgan fingerprint density at radius 1 is 1.05 bits per heavy atom. The molecule has 4 heterocycles. The highest BCUT2D eigenvalue weighted by atomic mass is 32.2. The number of nitrogens with one attached hydrogen (secondary N) is 2. The smallest absolute Gasteiger partial charge is 0.408 e. The number of methoxy groups -OCH3 is 1. The minimum Gasteiger partial charge on any atom is -0.497 e. The van der Waals surface area contributed by atoms with Crippen molar-refractivity contribution in [2.24, 2.45) is 5.92 Å². The van der Waals surface area contributed by atoms with Gasteiger partial charge in [-0.1, -0.05) is 37.8 Å². The van der Waals surface area contributed by atoms with Crippen molar-refractivity contribution in [3.05, 3.63) is 41.6 Å². The molecule has 5 fully saturated rings. The number of carbonyl (C=O) groups excluding carboxylic acids is 3. The molecule has 14 nitrogen and oxygen atoms in total. The van der Waals surface area contributed by atoms with E-state index in [0.29, 0.717) is 68.3 Å². The quantitative estimate of drug-likeness (QED) is 0.279. The topological polar surface area (TPSA) is 185 Å². The Morgan fingerprint density at radius 2 is 1.78 bits per heavy atom. The largest absolute Gasteiger partial charge is 0.497 e. The first kappa shape index (κ1) is 40.8. The second-order valence-electron chi connectivity index (χ2n) is 18.6. The predicted octanol–water partition coefficient (Wildman–Crippen LogP) is 6.02. The number of halogens is 2. The van der Waals surface area contributed by atoms with Crippen LogP contribution in [0.2, 0.25) is 0 Å². The van der Waals surface area contributed by atoms with Gasteiger partial charge in [0.15, 0.2) is 5.75 Å². The van der Waals surface area contributed by atoms with E-state index < -0.39 is 99.1 Å². The molecule has 4 amide bonds. The number of rotatable bonds is 7. The minimum atomic E-state index is -4.10. The van der Waals surface area contributed by atoms with Crippen LogP contribution >= 0.6 is 0 Å². The minimum absolute atomic E-state index is 0.0817. The molecule has 0 bridgehead atoms. The molecule has 7 aliphatic rings. The van der Waals surface area contributed by atoms with Crippen molar-refractivity contribution in [3.63, 3.8) is 0 Å². The van der Waals surface area contributed by atoms with Crippen LogP contribution in [0.3, 0.4) is 0 Å². The zero-order valence-corrected chi connectivity index (χ0v) is 34.8. The summed E-state index contributed by atoms with van der Waals surface area (Å²) in [6.45, 7) is 1.09. The molecule has 60 heavy (non-hydrogen) atoms. The molecule has 9 rings (SSSR count). The van der Waals surface area contributed by atoms with E-state index in [-0.39, 0.29) is 35.5 Å². The van der Waals surface area contributed by atoms with E-state index >= 15 is 13.6 Å². The van der Waals surface area contributed by atoms with Gasteiger partial charge in [-0.3, -0.25) is 24.0 Å². The SMILES string of the molecule is COc1ccc2nc(C3CC3)c3c(c2c1)C(F)(F)C[C@]1(C[C@H]2C(=O)N[C@]4(C(=O)NS(=O)(=O)C5(C)CC5)C[C@H]4/C=C\CCCCC[C@H](N(C(=O)O)C4CCCC4)C(=O)N2C1)O3. The van der Waals surface area contributed by atoms with Gasteiger partial charge >= 0.3 is 6.09 Å². The summed E-state index contributed by atoms with van der Waals surface area (Å²) in [7, 11) is -2.66.